The van der Waals surface area contributed by atoms with Gasteiger partial charge in [0.15, 0.2) is 0 Å². The van der Waals surface area contributed by atoms with Crippen LogP contribution in [0.25, 0.3) is 0 Å². The smallest absolute Gasteiger partial charge is 0.450 e. The van der Waals surface area contributed by atoms with Gasteiger partial charge in [-0.2, -0.15) is 0 Å². The summed E-state index contributed by atoms with van der Waals surface area (Å²) in [6.45, 7) is 1.50. The molecule has 7 nitrogen and oxygen atoms in total. The third-order valence-corrected chi connectivity index (χ3v) is 2.66. The van der Waals surface area contributed by atoms with Crippen LogP contribution in [0.1, 0.15) is 18.5 Å². The summed E-state index contributed by atoms with van der Waals surface area (Å²) < 4.78 is 19.9. The minimum atomic E-state index is -4.59. The minimum absolute atomic E-state index is 0.201. The maximum Gasteiger partial charge on any atom is 0.469 e. The van der Waals surface area contributed by atoms with Gasteiger partial charge in [0.1, 0.15) is 0 Å². The number of phosphoric acid groups is 1. The Morgan fingerprint density at radius 3 is 2.53 bits per heavy atom. The molecular weight excluding hydrogens is 273 g/mol. The van der Waals surface area contributed by atoms with E-state index in [-0.39, 0.29) is 13.2 Å². The van der Waals surface area contributed by atoms with Gasteiger partial charge < -0.3 is 19.8 Å². The van der Waals surface area contributed by atoms with Crippen LogP contribution >= 0.6 is 7.82 Å². The summed E-state index contributed by atoms with van der Waals surface area (Å²) in [6.07, 6.45) is -0.675. The number of benzene rings is 1. The van der Waals surface area contributed by atoms with Crippen LogP contribution in [0.4, 0.5) is 4.79 Å². The number of alkyl carbamates (subject to hydrolysis) is 1. The van der Waals surface area contributed by atoms with E-state index >= 15 is 0 Å². The lowest BCUT2D eigenvalue weighted by atomic mass is 10.1. The number of hydrogen-bond acceptors (Lipinski definition) is 4. The van der Waals surface area contributed by atoms with Crippen molar-refractivity contribution in [3.63, 3.8) is 0 Å². The number of nitrogens with one attached hydrogen (secondary N) is 1. The van der Waals surface area contributed by atoms with E-state index in [2.05, 4.69) is 9.84 Å². The van der Waals surface area contributed by atoms with Crippen molar-refractivity contribution in [3.8, 4) is 0 Å². The number of carbonyl (C=O) groups excluding carboxylic acids is 1. The van der Waals surface area contributed by atoms with E-state index in [0.717, 1.165) is 0 Å². The minimum Gasteiger partial charge on any atom is -0.450 e. The summed E-state index contributed by atoms with van der Waals surface area (Å²) in [7, 11) is -4.59. The first-order valence-corrected chi connectivity index (χ1v) is 7.13. The molecule has 1 amide bonds. The van der Waals surface area contributed by atoms with Crippen molar-refractivity contribution in [2.75, 3.05) is 13.2 Å². The molecule has 0 aromatic heterocycles. The molecule has 8 heteroatoms. The van der Waals surface area contributed by atoms with Gasteiger partial charge in [-0.15, -0.1) is 0 Å². The quantitative estimate of drug-likeness (QED) is 0.687. The molecule has 1 rings (SSSR count). The van der Waals surface area contributed by atoms with Crippen molar-refractivity contribution in [1.29, 1.82) is 0 Å². The summed E-state index contributed by atoms with van der Waals surface area (Å²) >= 11 is 0. The van der Waals surface area contributed by atoms with Gasteiger partial charge in [0.2, 0.25) is 0 Å². The molecule has 106 valence electrons. The number of rotatable bonds is 6. The largest absolute Gasteiger partial charge is 0.469 e. The van der Waals surface area contributed by atoms with Gasteiger partial charge in [0, 0.05) is 0 Å². The molecule has 0 unspecified atom stereocenters. The second kappa shape index (κ2) is 7.25. The molecule has 0 saturated carbocycles. The Kier molecular flexibility index (Phi) is 5.98. The second-order valence-corrected chi connectivity index (χ2v) is 4.85. The number of hydrogen-bond donors (Lipinski definition) is 3. The molecule has 0 spiro atoms. The standard InChI is InChI=1S/C11H16NO6P/c1-2-17-11(13)12-10(8-18-19(14,15)16)9-6-4-3-5-7-9/h3-7,10H,2,8H2,1H3,(H,12,13)(H2,14,15,16)/t10-/m1/s1. The predicted octanol–water partition coefficient (Wildman–Crippen LogP) is 1.58. The highest BCUT2D eigenvalue weighted by Gasteiger charge is 2.21. The predicted molar refractivity (Wildman–Crippen MR) is 67.3 cm³/mol. The third kappa shape index (κ3) is 6.35. The van der Waals surface area contributed by atoms with Crippen molar-refractivity contribution in [2.45, 2.75) is 13.0 Å². The van der Waals surface area contributed by atoms with E-state index in [9.17, 15) is 9.36 Å². The van der Waals surface area contributed by atoms with Gasteiger partial charge in [0.05, 0.1) is 19.3 Å². The zero-order valence-corrected chi connectivity index (χ0v) is 11.2. The van der Waals surface area contributed by atoms with Crippen LogP contribution < -0.4 is 5.32 Å². The molecule has 0 aliphatic heterocycles. The summed E-state index contributed by atoms with van der Waals surface area (Å²) in [4.78, 5) is 28.8. The Balaban J connectivity index is 2.73. The lowest BCUT2D eigenvalue weighted by molar-refractivity contribution is 0.135. The molecule has 0 heterocycles. The number of carbonyl (C=O) groups is 1. The van der Waals surface area contributed by atoms with E-state index in [0.29, 0.717) is 5.56 Å². The van der Waals surface area contributed by atoms with Crippen molar-refractivity contribution in [1.82, 2.24) is 5.32 Å². The van der Waals surface area contributed by atoms with Gasteiger partial charge in [-0.05, 0) is 12.5 Å². The number of ether oxygens (including phenoxy) is 1. The van der Waals surface area contributed by atoms with Gasteiger partial charge in [0.25, 0.3) is 0 Å². The summed E-state index contributed by atoms with van der Waals surface area (Å²) in [6, 6.07) is 7.99. The normalized spacial score (nSPS) is 12.8. The molecule has 1 atom stereocenters. The number of amides is 1. The molecule has 0 aliphatic rings. The maximum atomic E-state index is 11.4. The molecule has 0 bridgehead atoms. The Morgan fingerprint density at radius 2 is 2.00 bits per heavy atom. The second-order valence-electron chi connectivity index (χ2n) is 3.61. The Bertz CT molecular complexity index is 446. The molecule has 1 aromatic rings. The van der Waals surface area contributed by atoms with Gasteiger partial charge in [-0.25, -0.2) is 9.36 Å². The van der Waals surface area contributed by atoms with Crippen molar-refractivity contribution in [2.24, 2.45) is 0 Å². The highest BCUT2D eigenvalue weighted by molar-refractivity contribution is 7.46. The Labute approximate surface area is 110 Å². The Hall–Kier alpha value is -1.40. The SMILES string of the molecule is CCOC(=O)N[C@H](COP(=O)(O)O)c1ccccc1. The highest BCUT2D eigenvalue weighted by atomic mass is 31.2. The Morgan fingerprint density at radius 1 is 1.37 bits per heavy atom. The first kappa shape index (κ1) is 15.7. The summed E-state index contributed by atoms with van der Waals surface area (Å²) in [5.41, 5.74) is 0.656. The first-order valence-electron chi connectivity index (χ1n) is 5.60. The average molecular weight is 289 g/mol. The lowest BCUT2D eigenvalue weighted by Crippen LogP contribution is -2.31. The number of phosphoric ester groups is 1. The van der Waals surface area contributed by atoms with Gasteiger partial charge in [-0.1, -0.05) is 30.3 Å². The van der Waals surface area contributed by atoms with E-state index in [1.165, 1.54) is 0 Å². The topological polar surface area (TPSA) is 105 Å². The fraction of sp³-hybridized carbons (Fsp3) is 0.364. The molecule has 0 saturated heterocycles. The van der Waals surface area contributed by atoms with E-state index < -0.39 is 20.0 Å². The van der Waals surface area contributed by atoms with Crippen molar-refractivity contribution in [3.05, 3.63) is 35.9 Å². The van der Waals surface area contributed by atoms with E-state index in [4.69, 9.17) is 14.5 Å². The summed E-state index contributed by atoms with van der Waals surface area (Å²) in [5.74, 6) is 0. The molecule has 19 heavy (non-hydrogen) atoms. The fourth-order valence-electron chi connectivity index (χ4n) is 1.39. The maximum absolute atomic E-state index is 11.4. The fourth-order valence-corrected chi connectivity index (χ4v) is 1.74. The molecule has 1 aromatic carbocycles. The van der Waals surface area contributed by atoms with E-state index in [1.54, 1.807) is 37.3 Å². The van der Waals surface area contributed by atoms with Crippen LogP contribution in [0.2, 0.25) is 0 Å². The van der Waals surface area contributed by atoms with Crippen LogP contribution in [-0.2, 0) is 13.8 Å². The molecule has 0 fully saturated rings. The monoisotopic (exact) mass is 289 g/mol. The third-order valence-electron chi connectivity index (χ3n) is 2.18. The van der Waals surface area contributed by atoms with Crippen LogP contribution in [0.3, 0.4) is 0 Å². The molecule has 3 N–H and O–H groups in total. The van der Waals surface area contributed by atoms with Gasteiger partial charge in [-0.3, -0.25) is 4.52 Å². The van der Waals surface area contributed by atoms with Crippen LogP contribution in [-0.4, -0.2) is 29.1 Å². The summed E-state index contributed by atoms with van der Waals surface area (Å²) in [5, 5.41) is 2.48. The lowest BCUT2D eigenvalue weighted by Gasteiger charge is -2.19. The van der Waals surface area contributed by atoms with E-state index in [1.807, 2.05) is 0 Å². The van der Waals surface area contributed by atoms with Crippen LogP contribution in [0, 0.1) is 0 Å². The highest BCUT2D eigenvalue weighted by Crippen LogP contribution is 2.37. The van der Waals surface area contributed by atoms with Crippen LogP contribution in [0.15, 0.2) is 30.3 Å². The zero-order valence-electron chi connectivity index (χ0n) is 10.4. The first-order chi connectivity index (χ1) is 8.92. The molecular formula is C11H16NO6P. The average Bonchev–Trinajstić information content (AvgIpc) is 2.35. The van der Waals surface area contributed by atoms with Gasteiger partial charge >= 0.3 is 13.9 Å². The van der Waals surface area contributed by atoms with Crippen molar-refractivity contribution >= 4 is 13.9 Å². The molecule has 0 aliphatic carbocycles. The van der Waals surface area contributed by atoms with Crippen molar-refractivity contribution < 1.29 is 28.4 Å². The molecule has 0 radical (unpaired) electrons. The zero-order chi connectivity index (χ0) is 14.3. The van der Waals surface area contributed by atoms with Crippen LogP contribution in [0.5, 0.6) is 0 Å².